The highest BCUT2D eigenvalue weighted by atomic mass is 19.4. The topological polar surface area (TPSA) is 114 Å². The first kappa shape index (κ1) is 21.0. The van der Waals surface area contributed by atoms with E-state index in [1.165, 1.54) is 10.2 Å². The summed E-state index contributed by atoms with van der Waals surface area (Å²) in [5, 5.41) is 3.02. The van der Waals surface area contributed by atoms with Crippen LogP contribution in [0.4, 0.5) is 23.7 Å². The maximum Gasteiger partial charge on any atom is 0.405 e. The molecule has 1 aromatic rings. The third kappa shape index (κ3) is 6.45. The fraction of sp³-hybridized carbons (Fsp3) is 0.375. The van der Waals surface area contributed by atoms with Crippen molar-refractivity contribution >= 4 is 29.5 Å². The molecule has 4 amide bonds. The van der Waals surface area contributed by atoms with Gasteiger partial charge in [-0.15, -0.1) is 0 Å². The van der Waals surface area contributed by atoms with Crippen LogP contribution in [0.1, 0.15) is 6.42 Å². The first-order valence-corrected chi connectivity index (χ1v) is 7.98. The van der Waals surface area contributed by atoms with Crippen LogP contribution in [0.25, 0.3) is 0 Å². The van der Waals surface area contributed by atoms with E-state index in [4.69, 9.17) is 4.74 Å². The molecule has 0 radical (unpaired) electrons. The van der Waals surface area contributed by atoms with Crippen LogP contribution in [0.3, 0.4) is 0 Å². The Morgan fingerprint density at radius 1 is 1.21 bits per heavy atom. The second-order valence-electron chi connectivity index (χ2n) is 5.56. The molecule has 0 aromatic heterocycles. The van der Waals surface area contributed by atoms with E-state index in [2.05, 4.69) is 4.74 Å². The number of carbonyl (C=O) groups is 4. The molecule has 152 valence electrons. The van der Waals surface area contributed by atoms with Gasteiger partial charge in [0.1, 0.15) is 12.3 Å². The molecule has 0 bridgehead atoms. The van der Waals surface area contributed by atoms with E-state index in [0.717, 1.165) is 0 Å². The van der Waals surface area contributed by atoms with Gasteiger partial charge in [-0.05, 0) is 12.1 Å². The van der Waals surface area contributed by atoms with Gasteiger partial charge in [-0.1, -0.05) is 12.1 Å². The number of urea groups is 1. The van der Waals surface area contributed by atoms with Gasteiger partial charge in [0.15, 0.2) is 13.2 Å². The molecule has 2 rings (SSSR count). The molecule has 1 heterocycles. The second-order valence-corrected chi connectivity index (χ2v) is 5.56. The third-order valence-electron chi connectivity index (χ3n) is 3.41. The number of amides is 4. The highest BCUT2D eigenvalue weighted by Gasteiger charge is 2.28. The molecule has 9 nitrogen and oxygen atoms in total. The van der Waals surface area contributed by atoms with Crippen LogP contribution in [0, 0.1) is 0 Å². The van der Waals surface area contributed by atoms with Crippen LogP contribution in [0.15, 0.2) is 24.3 Å². The van der Waals surface area contributed by atoms with Crippen LogP contribution in [-0.2, 0) is 19.1 Å². The van der Waals surface area contributed by atoms with Gasteiger partial charge >= 0.3 is 18.2 Å². The molecule has 1 aliphatic rings. The van der Waals surface area contributed by atoms with Gasteiger partial charge in [0.05, 0.1) is 12.1 Å². The van der Waals surface area contributed by atoms with Gasteiger partial charge in [-0.2, -0.15) is 13.2 Å². The van der Waals surface area contributed by atoms with Gasteiger partial charge in [-0.3, -0.25) is 19.7 Å². The lowest BCUT2D eigenvalue weighted by molar-refractivity contribution is -0.148. The number of benzene rings is 1. The van der Waals surface area contributed by atoms with Crippen molar-refractivity contribution < 1.29 is 41.8 Å². The van der Waals surface area contributed by atoms with Gasteiger partial charge in [0.2, 0.25) is 0 Å². The van der Waals surface area contributed by atoms with Crippen molar-refractivity contribution in [1.29, 1.82) is 0 Å². The molecule has 0 saturated carbocycles. The number of esters is 1. The van der Waals surface area contributed by atoms with Gasteiger partial charge in [0, 0.05) is 6.54 Å². The minimum atomic E-state index is -4.62. The number of carbonyl (C=O) groups excluding carboxylic acids is 4. The number of imide groups is 1. The predicted octanol–water partition coefficient (Wildman–Crippen LogP) is 0.733. The molecule has 12 heteroatoms. The van der Waals surface area contributed by atoms with E-state index in [-0.39, 0.29) is 25.5 Å². The van der Waals surface area contributed by atoms with E-state index in [0.29, 0.717) is 11.4 Å². The molecular formula is C16H16F3N3O6. The Labute approximate surface area is 156 Å². The van der Waals surface area contributed by atoms with Gasteiger partial charge in [0.25, 0.3) is 11.8 Å². The van der Waals surface area contributed by atoms with Crippen molar-refractivity contribution in [2.24, 2.45) is 0 Å². The molecule has 0 fully saturated rings. The number of ether oxygens (including phenoxy) is 2. The minimum absolute atomic E-state index is 0.0221. The first-order chi connectivity index (χ1) is 13.2. The molecule has 2 N–H and O–H groups in total. The number of para-hydroxylation sites is 2. The maximum atomic E-state index is 11.9. The summed E-state index contributed by atoms with van der Waals surface area (Å²) in [4.78, 5) is 47.5. The van der Waals surface area contributed by atoms with Crippen molar-refractivity contribution in [3.05, 3.63) is 24.3 Å². The Morgan fingerprint density at radius 2 is 1.93 bits per heavy atom. The molecule has 1 aromatic carbocycles. The van der Waals surface area contributed by atoms with Crippen molar-refractivity contribution in [2.75, 3.05) is 31.2 Å². The monoisotopic (exact) mass is 403 g/mol. The number of alkyl halides is 3. The van der Waals surface area contributed by atoms with E-state index < -0.39 is 37.2 Å². The summed E-state index contributed by atoms with van der Waals surface area (Å²) in [6, 6.07) is 5.37. The smallest absolute Gasteiger partial charge is 0.405 e. The predicted molar refractivity (Wildman–Crippen MR) is 87.5 cm³/mol. The lowest BCUT2D eigenvalue weighted by Crippen LogP contribution is -2.44. The summed E-state index contributed by atoms with van der Waals surface area (Å²) >= 11 is 0. The maximum absolute atomic E-state index is 11.9. The summed E-state index contributed by atoms with van der Waals surface area (Å²) < 4.78 is 45.7. The molecule has 0 spiro atoms. The average molecular weight is 403 g/mol. The number of halogens is 3. The van der Waals surface area contributed by atoms with Crippen LogP contribution in [0.5, 0.6) is 5.75 Å². The Kier molecular flexibility index (Phi) is 6.79. The van der Waals surface area contributed by atoms with Gasteiger partial charge in [-0.25, -0.2) is 4.79 Å². The van der Waals surface area contributed by atoms with E-state index in [1.807, 2.05) is 0 Å². The fourth-order valence-electron chi connectivity index (χ4n) is 2.21. The van der Waals surface area contributed by atoms with Crippen molar-refractivity contribution in [2.45, 2.75) is 12.6 Å². The van der Waals surface area contributed by atoms with Crippen molar-refractivity contribution in [1.82, 2.24) is 10.6 Å². The number of anilines is 1. The number of hydrogen-bond donors (Lipinski definition) is 2. The first-order valence-electron chi connectivity index (χ1n) is 7.98. The number of hydrogen-bond acceptors (Lipinski definition) is 6. The molecular weight excluding hydrogens is 387 g/mol. The zero-order valence-corrected chi connectivity index (χ0v) is 14.4. The lowest BCUT2D eigenvalue weighted by Gasteiger charge is -2.28. The number of fused-ring (bicyclic) bond motifs is 1. The summed E-state index contributed by atoms with van der Waals surface area (Å²) in [5.41, 5.74) is 0.491. The largest absolute Gasteiger partial charge is 0.482 e. The Bertz CT molecular complexity index is 768. The van der Waals surface area contributed by atoms with E-state index in [9.17, 15) is 32.3 Å². The van der Waals surface area contributed by atoms with E-state index in [1.54, 1.807) is 29.6 Å². The normalized spacial score (nSPS) is 13.2. The number of nitrogens with one attached hydrogen (secondary N) is 2. The number of rotatable bonds is 6. The fourth-order valence-corrected chi connectivity index (χ4v) is 2.21. The SMILES string of the molecule is O=C(COC(=O)CCN1C(=O)COc2ccccc21)NC(=O)NCC(F)(F)F. The number of nitrogens with zero attached hydrogens (tertiary/aromatic N) is 1. The van der Waals surface area contributed by atoms with Crippen LogP contribution in [-0.4, -0.2) is 56.3 Å². The highest BCUT2D eigenvalue weighted by Crippen LogP contribution is 2.31. The molecule has 1 aliphatic heterocycles. The van der Waals surface area contributed by atoms with Crippen LogP contribution in [0.2, 0.25) is 0 Å². The summed E-state index contributed by atoms with van der Waals surface area (Å²) in [5.74, 6) is -1.80. The Balaban J connectivity index is 1.74. The second kappa shape index (κ2) is 9.06. The van der Waals surface area contributed by atoms with Crippen LogP contribution >= 0.6 is 0 Å². The summed E-state index contributed by atoms with van der Waals surface area (Å²) in [6.45, 7) is -2.67. The summed E-state index contributed by atoms with van der Waals surface area (Å²) in [7, 11) is 0. The zero-order chi connectivity index (χ0) is 20.7. The van der Waals surface area contributed by atoms with E-state index >= 15 is 0 Å². The highest BCUT2D eigenvalue weighted by molar-refractivity contribution is 5.98. The zero-order valence-electron chi connectivity index (χ0n) is 14.4. The van der Waals surface area contributed by atoms with Crippen molar-refractivity contribution in [3.63, 3.8) is 0 Å². The molecule has 0 aliphatic carbocycles. The molecule has 0 atom stereocenters. The molecule has 0 unspecified atom stereocenters. The van der Waals surface area contributed by atoms with Gasteiger partial charge < -0.3 is 19.7 Å². The Hall–Kier alpha value is -3.31. The minimum Gasteiger partial charge on any atom is -0.482 e. The van der Waals surface area contributed by atoms with Crippen molar-refractivity contribution in [3.8, 4) is 5.75 Å². The molecule has 0 saturated heterocycles. The third-order valence-corrected chi connectivity index (χ3v) is 3.41. The Morgan fingerprint density at radius 3 is 2.64 bits per heavy atom. The molecule has 28 heavy (non-hydrogen) atoms. The summed E-state index contributed by atoms with van der Waals surface area (Å²) in [6.07, 6.45) is -4.87. The standard InChI is InChI=1S/C16H16F3N3O6/c17-16(18,19)9-20-15(26)21-12(23)7-28-14(25)5-6-22-10-3-1-2-4-11(10)27-8-13(22)24/h1-4H,5-9H2,(H2,20,21,23,26). The van der Waals surface area contributed by atoms with Crippen LogP contribution < -0.4 is 20.3 Å². The average Bonchev–Trinajstić information content (AvgIpc) is 2.63. The lowest BCUT2D eigenvalue weighted by atomic mass is 10.2. The quantitative estimate of drug-likeness (QED) is 0.677.